The van der Waals surface area contributed by atoms with Crippen LogP contribution in [0.1, 0.15) is 35.8 Å². The van der Waals surface area contributed by atoms with Crippen molar-refractivity contribution in [3.8, 4) is 0 Å². The highest BCUT2D eigenvalue weighted by molar-refractivity contribution is 6.01. The van der Waals surface area contributed by atoms with Gasteiger partial charge >= 0.3 is 5.97 Å². The van der Waals surface area contributed by atoms with Crippen molar-refractivity contribution < 1.29 is 14.7 Å². The fourth-order valence-corrected chi connectivity index (χ4v) is 2.63. The monoisotopic (exact) mass is 272 g/mol. The minimum Gasteiger partial charge on any atom is -0.476 e. The van der Waals surface area contributed by atoms with Crippen molar-refractivity contribution in [1.82, 2.24) is 9.78 Å². The minimum atomic E-state index is -1.21. The maximum Gasteiger partial charge on any atom is 0.357 e. The van der Waals surface area contributed by atoms with Gasteiger partial charge in [0.2, 0.25) is 0 Å². The van der Waals surface area contributed by atoms with Gasteiger partial charge in [-0.05, 0) is 18.9 Å². The second-order valence-electron chi connectivity index (χ2n) is 4.82. The smallest absolute Gasteiger partial charge is 0.357 e. The molecule has 1 heterocycles. The van der Waals surface area contributed by atoms with Crippen LogP contribution in [-0.4, -0.2) is 26.6 Å². The Hall–Kier alpha value is -2.50. The number of carboxylic acid groups (broad SMARTS) is 1. The van der Waals surface area contributed by atoms with Crippen LogP contribution in [0.2, 0.25) is 0 Å². The third kappa shape index (κ3) is 1.80. The van der Waals surface area contributed by atoms with Gasteiger partial charge in [0.25, 0.3) is 5.56 Å². The van der Waals surface area contributed by atoms with E-state index in [1.165, 1.54) is 0 Å². The van der Waals surface area contributed by atoms with E-state index in [0.717, 1.165) is 4.68 Å². The van der Waals surface area contributed by atoms with Crippen LogP contribution in [0.3, 0.4) is 0 Å². The molecule has 1 aliphatic rings. The first-order valence-electron chi connectivity index (χ1n) is 6.37. The quantitative estimate of drug-likeness (QED) is 0.892. The molecule has 0 amide bonds. The average Bonchev–Trinajstić information content (AvgIpc) is 2.85. The molecule has 0 aliphatic heterocycles. The van der Waals surface area contributed by atoms with Crippen LogP contribution in [-0.2, 0) is 4.79 Å². The van der Waals surface area contributed by atoms with E-state index in [0.29, 0.717) is 24.6 Å². The fourth-order valence-electron chi connectivity index (χ4n) is 2.63. The average molecular weight is 272 g/mol. The molecular formula is C14H12N2O4. The number of hydrogen-bond donors (Lipinski definition) is 1. The van der Waals surface area contributed by atoms with Crippen molar-refractivity contribution in [2.24, 2.45) is 0 Å². The summed E-state index contributed by atoms with van der Waals surface area (Å²) in [6, 6.07) is 5.79. The van der Waals surface area contributed by atoms with E-state index < -0.39 is 17.6 Å². The van der Waals surface area contributed by atoms with Gasteiger partial charge in [-0.2, -0.15) is 5.10 Å². The van der Waals surface area contributed by atoms with Crippen LogP contribution in [0.5, 0.6) is 0 Å². The molecule has 0 unspecified atom stereocenters. The third-order valence-corrected chi connectivity index (χ3v) is 3.60. The lowest BCUT2D eigenvalue weighted by molar-refractivity contribution is -0.120. The maximum absolute atomic E-state index is 12.4. The largest absolute Gasteiger partial charge is 0.476 e. The van der Waals surface area contributed by atoms with Gasteiger partial charge in [0.05, 0.1) is 5.39 Å². The number of carboxylic acids is 1. The number of fused-ring (bicyclic) bond motifs is 1. The number of rotatable bonds is 2. The predicted octanol–water partition coefficient (Wildman–Crippen LogP) is 1.39. The highest BCUT2D eigenvalue weighted by atomic mass is 16.4. The van der Waals surface area contributed by atoms with Gasteiger partial charge < -0.3 is 5.11 Å². The normalized spacial score (nSPS) is 18.6. The summed E-state index contributed by atoms with van der Waals surface area (Å²) in [4.78, 5) is 35.5. The zero-order chi connectivity index (χ0) is 14.3. The number of hydrogen-bond acceptors (Lipinski definition) is 4. The molecule has 1 aromatic carbocycles. The van der Waals surface area contributed by atoms with Crippen molar-refractivity contribution in [2.45, 2.75) is 25.3 Å². The molecule has 1 N–H and O–H groups in total. The van der Waals surface area contributed by atoms with Gasteiger partial charge in [0.15, 0.2) is 11.5 Å². The lowest BCUT2D eigenvalue weighted by Crippen LogP contribution is -2.31. The lowest BCUT2D eigenvalue weighted by Gasteiger charge is -2.13. The number of carbonyl (C=O) groups is 2. The molecule has 6 nitrogen and oxygen atoms in total. The Morgan fingerprint density at radius 2 is 1.95 bits per heavy atom. The lowest BCUT2D eigenvalue weighted by atomic mass is 10.1. The molecule has 1 saturated carbocycles. The number of Topliss-reactive ketones (excluding diaryl/α,β-unsaturated/α-hetero) is 1. The van der Waals surface area contributed by atoms with Crippen LogP contribution in [0.25, 0.3) is 10.8 Å². The topological polar surface area (TPSA) is 89.3 Å². The van der Waals surface area contributed by atoms with E-state index in [9.17, 15) is 19.5 Å². The molecule has 6 heteroatoms. The van der Waals surface area contributed by atoms with Crippen molar-refractivity contribution >= 4 is 22.5 Å². The number of ketones is 1. The first kappa shape index (κ1) is 12.5. The fraction of sp³-hybridized carbons (Fsp3) is 0.286. The Labute approximate surface area is 113 Å². The van der Waals surface area contributed by atoms with Gasteiger partial charge in [-0.25, -0.2) is 9.48 Å². The SMILES string of the molecule is O=C(O)c1nn([C@H]2CCCC2=O)c(=O)c2ccccc12. The standard InChI is InChI=1S/C14H12N2O4/c17-11-7-3-6-10(11)16-13(18)9-5-2-1-4-8(9)12(15-16)14(19)20/h1-2,4-5,10H,3,6-7H2,(H,19,20)/t10-/m0/s1. The predicted molar refractivity (Wildman–Crippen MR) is 70.9 cm³/mol. The summed E-state index contributed by atoms with van der Waals surface area (Å²) in [5.74, 6) is -1.27. The molecule has 0 radical (unpaired) electrons. The van der Waals surface area contributed by atoms with E-state index in [4.69, 9.17) is 0 Å². The third-order valence-electron chi connectivity index (χ3n) is 3.60. The second kappa shape index (κ2) is 4.56. The van der Waals surface area contributed by atoms with Gasteiger partial charge in [0, 0.05) is 11.8 Å². The Morgan fingerprint density at radius 3 is 2.55 bits per heavy atom. The highest BCUT2D eigenvalue weighted by Gasteiger charge is 2.29. The molecule has 20 heavy (non-hydrogen) atoms. The molecule has 3 rings (SSSR count). The summed E-state index contributed by atoms with van der Waals surface area (Å²) in [6.07, 6.45) is 1.64. The molecule has 1 atom stereocenters. The van der Waals surface area contributed by atoms with Crippen LogP contribution < -0.4 is 5.56 Å². The summed E-state index contributed by atoms with van der Waals surface area (Å²) in [6.45, 7) is 0. The van der Waals surface area contributed by atoms with Crippen LogP contribution in [0.4, 0.5) is 0 Å². The summed E-state index contributed by atoms with van der Waals surface area (Å²) in [5, 5.41) is 13.7. The van der Waals surface area contributed by atoms with Crippen molar-refractivity contribution in [2.75, 3.05) is 0 Å². The van der Waals surface area contributed by atoms with Crippen molar-refractivity contribution in [1.29, 1.82) is 0 Å². The molecule has 0 spiro atoms. The summed E-state index contributed by atoms with van der Waals surface area (Å²) < 4.78 is 1.04. The van der Waals surface area contributed by atoms with Gasteiger partial charge in [0.1, 0.15) is 6.04 Å². The van der Waals surface area contributed by atoms with Gasteiger partial charge in [-0.1, -0.05) is 18.2 Å². The molecule has 0 bridgehead atoms. The van der Waals surface area contributed by atoms with E-state index in [1.54, 1.807) is 24.3 Å². The van der Waals surface area contributed by atoms with Crippen LogP contribution in [0.15, 0.2) is 29.1 Å². The molecule has 1 aliphatic carbocycles. The number of nitrogens with zero attached hydrogens (tertiary/aromatic N) is 2. The van der Waals surface area contributed by atoms with E-state index >= 15 is 0 Å². The van der Waals surface area contributed by atoms with E-state index in [1.807, 2.05) is 0 Å². The first-order chi connectivity index (χ1) is 9.59. The van der Waals surface area contributed by atoms with E-state index in [2.05, 4.69) is 5.10 Å². The van der Waals surface area contributed by atoms with Crippen LogP contribution >= 0.6 is 0 Å². The van der Waals surface area contributed by atoms with Crippen molar-refractivity contribution in [3.05, 3.63) is 40.3 Å². The van der Waals surface area contributed by atoms with Crippen molar-refractivity contribution in [3.63, 3.8) is 0 Å². The number of aromatic carboxylic acids is 1. The summed E-state index contributed by atoms with van der Waals surface area (Å²) in [7, 11) is 0. The number of aromatic nitrogens is 2. The Morgan fingerprint density at radius 1 is 1.25 bits per heavy atom. The molecular weight excluding hydrogens is 260 g/mol. The molecule has 102 valence electrons. The molecule has 2 aromatic rings. The van der Waals surface area contributed by atoms with Gasteiger partial charge in [-0.3, -0.25) is 9.59 Å². The Kier molecular flexibility index (Phi) is 2.85. The first-order valence-corrected chi connectivity index (χ1v) is 6.37. The minimum absolute atomic E-state index is 0.0637. The highest BCUT2D eigenvalue weighted by Crippen LogP contribution is 2.25. The second-order valence-corrected chi connectivity index (χ2v) is 4.82. The molecule has 1 fully saturated rings. The summed E-state index contributed by atoms with van der Waals surface area (Å²) >= 11 is 0. The summed E-state index contributed by atoms with van der Waals surface area (Å²) in [5.41, 5.74) is -0.606. The number of benzene rings is 1. The zero-order valence-corrected chi connectivity index (χ0v) is 10.6. The number of carbonyl (C=O) groups excluding carboxylic acids is 1. The molecule has 1 aromatic heterocycles. The van der Waals surface area contributed by atoms with Gasteiger partial charge in [-0.15, -0.1) is 0 Å². The molecule has 0 saturated heterocycles. The van der Waals surface area contributed by atoms with E-state index in [-0.39, 0.29) is 16.9 Å². The van der Waals surface area contributed by atoms with Crippen LogP contribution in [0, 0.1) is 0 Å². The Balaban J connectivity index is 2.33. The maximum atomic E-state index is 12.4. The Bertz CT molecular complexity index is 778. The zero-order valence-electron chi connectivity index (χ0n) is 10.6.